The Hall–Kier alpha value is -2.33. The topological polar surface area (TPSA) is 57.5 Å². The second-order valence-electron chi connectivity index (χ2n) is 6.23. The molecule has 124 valence electrons. The maximum Gasteiger partial charge on any atom is 0.307 e. The van der Waals surface area contributed by atoms with Crippen LogP contribution < -0.4 is 0 Å². The van der Waals surface area contributed by atoms with E-state index in [0.29, 0.717) is 5.75 Å². The van der Waals surface area contributed by atoms with Crippen LogP contribution in [0.2, 0.25) is 0 Å². The molecule has 0 saturated carbocycles. The molecule has 0 saturated heterocycles. The molecule has 2 aromatic carbocycles. The standard InChI is InChI=1S/C20H20O3S/c1-12-8-17(21)6-5-15(12)4-3-14-7-13(2)20-16(10-19(22)23)11-24-18(20)9-14/h5-9,11,21H,3-4,10H2,1-2H3,(H,22,23). The van der Waals surface area contributed by atoms with E-state index in [4.69, 9.17) is 5.11 Å². The first-order chi connectivity index (χ1) is 11.4. The lowest BCUT2D eigenvalue weighted by molar-refractivity contribution is -0.136. The normalized spacial score (nSPS) is 11.1. The van der Waals surface area contributed by atoms with Gasteiger partial charge in [-0.3, -0.25) is 4.79 Å². The Bertz CT molecular complexity index is 909. The van der Waals surface area contributed by atoms with E-state index < -0.39 is 5.97 Å². The summed E-state index contributed by atoms with van der Waals surface area (Å²) >= 11 is 1.61. The van der Waals surface area contributed by atoms with Crippen LogP contribution in [0.4, 0.5) is 0 Å². The summed E-state index contributed by atoms with van der Waals surface area (Å²) in [6.45, 7) is 4.07. The first-order valence-electron chi connectivity index (χ1n) is 7.94. The van der Waals surface area contributed by atoms with E-state index in [1.165, 1.54) is 11.1 Å². The van der Waals surface area contributed by atoms with E-state index in [2.05, 4.69) is 19.1 Å². The number of aliphatic carboxylic acids is 1. The molecule has 4 heteroatoms. The number of hydrogen-bond donors (Lipinski definition) is 2. The highest BCUT2D eigenvalue weighted by Gasteiger charge is 2.11. The summed E-state index contributed by atoms with van der Waals surface area (Å²) in [5, 5.41) is 21.6. The number of carbonyl (C=O) groups is 1. The van der Waals surface area contributed by atoms with Gasteiger partial charge in [0.2, 0.25) is 0 Å². The number of benzene rings is 2. The molecular formula is C20H20O3S. The Morgan fingerprint density at radius 1 is 1.04 bits per heavy atom. The van der Waals surface area contributed by atoms with Crippen LogP contribution in [-0.4, -0.2) is 16.2 Å². The quantitative estimate of drug-likeness (QED) is 0.711. The molecule has 0 unspecified atom stereocenters. The summed E-state index contributed by atoms with van der Waals surface area (Å²) in [6.07, 6.45) is 1.92. The Morgan fingerprint density at radius 2 is 1.83 bits per heavy atom. The molecule has 0 fully saturated rings. The van der Waals surface area contributed by atoms with Crippen LogP contribution in [0, 0.1) is 13.8 Å². The average molecular weight is 340 g/mol. The van der Waals surface area contributed by atoms with E-state index in [1.54, 1.807) is 23.5 Å². The number of carboxylic acids is 1. The van der Waals surface area contributed by atoms with Crippen molar-refractivity contribution in [2.24, 2.45) is 0 Å². The van der Waals surface area contributed by atoms with Gasteiger partial charge in [-0.15, -0.1) is 11.3 Å². The molecule has 2 N–H and O–H groups in total. The van der Waals surface area contributed by atoms with Gasteiger partial charge in [-0.1, -0.05) is 12.1 Å². The molecule has 0 spiro atoms. The van der Waals surface area contributed by atoms with E-state index in [-0.39, 0.29) is 6.42 Å². The summed E-state index contributed by atoms with van der Waals surface area (Å²) in [4.78, 5) is 11.0. The van der Waals surface area contributed by atoms with Crippen molar-refractivity contribution in [1.29, 1.82) is 0 Å². The van der Waals surface area contributed by atoms with Crippen molar-refractivity contribution in [3.63, 3.8) is 0 Å². The Balaban J connectivity index is 1.84. The van der Waals surface area contributed by atoms with Gasteiger partial charge in [-0.05, 0) is 83.5 Å². The van der Waals surface area contributed by atoms with Gasteiger partial charge >= 0.3 is 5.97 Å². The first kappa shape index (κ1) is 16.5. The fraction of sp³-hybridized carbons (Fsp3) is 0.250. The zero-order chi connectivity index (χ0) is 17.3. The van der Waals surface area contributed by atoms with Gasteiger partial charge in [0.15, 0.2) is 0 Å². The van der Waals surface area contributed by atoms with Crippen LogP contribution in [0.25, 0.3) is 10.1 Å². The van der Waals surface area contributed by atoms with Crippen molar-refractivity contribution in [2.45, 2.75) is 33.1 Å². The number of rotatable bonds is 5. The summed E-state index contributed by atoms with van der Waals surface area (Å²) in [5.41, 5.74) is 5.65. The number of aromatic hydroxyl groups is 1. The summed E-state index contributed by atoms with van der Waals surface area (Å²) in [6, 6.07) is 9.84. The molecule has 3 nitrogen and oxygen atoms in total. The van der Waals surface area contributed by atoms with Crippen molar-refractivity contribution in [2.75, 3.05) is 0 Å². The second-order valence-corrected chi connectivity index (χ2v) is 7.14. The summed E-state index contributed by atoms with van der Waals surface area (Å²) in [5.74, 6) is -0.487. The fourth-order valence-electron chi connectivity index (χ4n) is 3.20. The molecule has 0 aliphatic heterocycles. The molecule has 3 aromatic rings. The van der Waals surface area contributed by atoms with E-state index in [9.17, 15) is 9.90 Å². The molecule has 0 aliphatic carbocycles. The average Bonchev–Trinajstić information content (AvgIpc) is 2.89. The van der Waals surface area contributed by atoms with Crippen LogP contribution in [0.3, 0.4) is 0 Å². The number of aryl methyl sites for hydroxylation is 4. The molecule has 3 rings (SSSR count). The second kappa shape index (κ2) is 6.65. The number of hydrogen-bond acceptors (Lipinski definition) is 3. The van der Waals surface area contributed by atoms with Crippen LogP contribution in [0.15, 0.2) is 35.7 Å². The maximum absolute atomic E-state index is 11.0. The van der Waals surface area contributed by atoms with Gasteiger partial charge < -0.3 is 10.2 Å². The number of thiophene rings is 1. The van der Waals surface area contributed by atoms with Crippen molar-refractivity contribution in [1.82, 2.24) is 0 Å². The first-order valence-corrected chi connectivity index (χ1v) is 8.82. The zero-order valence-electron chi connectivity index (χ0n) is 13.8. The van der Waals surface area contributed by atoms with Crippen molar-refractivity contribution in [3.8, 4) is 5.75 Å². The van der Waals surface area contributed by atoms with Crippen molar-refractivity contribution < 1.29 is 15.0 Å². The van der Waals surface area contributed by atoms with E-state index in [0.717, 1.165) is 39.6 Å². The van der Waals surface area contributed by atoms with E-state index in [1.807, 2.05) is 18.4 Å². The predicted molar refractivity (Wildman–Crippen MR) is 98.2 cm³/mol. The van der Waals surface area contributed by atoms with Gasteiger partial charge in [-0.25, -0.2) is 0 Å². The summed E-state index contributed by atoms with van der Waals surface area (Å²) in [7, 11) is 0. The minimum absolute atomic E-state index is 0.0763. The highest BCUT2D eigenvalue weighted by molar-refractivity contribution is 7.17. The zero-order valence-corrected chi connectivity index (χ0v) is 14.6. The number of carboxylic acid groups (broad SMARTS) is 1. The lowest BCUT2D eigenvalue weighted by Crippen LogP contribution is -1.99. The van der Waals surface area contributed by atoms with Crippen molar-refractivity contribution >= 4 is 27.4 Å². The highest BCUT2D eigenvalue weighted by Crippen LogP contribution is 2.31. The fourth-order valence-corrected chi connectivity index (χ4v) is 4.30. The largest absolute Gasteiger partial charge is 0.508 e. The number of fused-ring (bicyclic) bond motifs is 1. The Kier molecular flexibility index (Phi) is 4.58. The molecule has 0 radical (unpaired) electrons. The molecule has 24 heavy (non-hydrogen) atoms. The molecule has 0 atom stereocenters. The van der Waals surface area contributed by atoms with Crippen LogP contribution in [0.5, 0.6) is 5.75 Å². The van der Waals surface area contributed by atoms with Crippen LogP contribution in [-0.2, 0) is 24.1 Å². The monoisotopic (exact) mass is 340 g/mol. The molecule has 1 heterocycles. The Labute approximate surface area is 145 Å². The molecule has 0 bridgehead atoms. The van der Waals surface area contributed by atoms with E-state index >= 15 is 0 Å². The van der Waals surface area contributed by atoms with Gasteiger partial charge in [0, 0.05) is 4.70 Å². The number of phenolic OH excluding ortho intramolecular Hbond substituents is 1. The highest BCUT2D eigenvalue weighted by atomic mass is 32.1. The van der Waals surface area contributed by atoms with Crippen LogP contribution in [0.1, 0.15) is 27.8 Å². The van der Waals surface area contributed by atoms with Crippen molar-refractivity contribution in [3.05, 3.63) is 63.5 Å². The molecule has 0 amide bonds. The van der Waals surface area contributed by atoms with Gasteiger partial charge in [0.05, 0.1) is 6.42 Å². The third-order valence-electron chi connectivity index (χ3n) is 4.36. The van der Waals surface area contributed by atoms with Crippen LogP contribution >= 0.6 is 11.3 Å². The van der Waals surface area contributed by atoms with Gasteiger partial charge in [0.1, 0.15) is 5.75 Å². The maximum atomic E-state index is 11.0. The van der Waals surface area contributed by atoms with Gasteiger partial charge in [-0.2, -0.15) is 0 Å². The lowest BCUT2D eigenvalue weighted by atomic mass is 9.97. The minimum atomic E-state index is -0.791. The minimum Gasteiger partial charge on any atom is -0.508 e. The third-order valence-corrected chi connectivity index (χ3v) is 5.34. The number of phenols is 1. The molecular weight excluding hydrogens is 320 g/mol. The predicted octanol–water partition coefficient (Wildman–Crippen LogP) is 4.64. The third kappa shape index (κ3) is 3.44. The molecule has 0 aliphatic rings. The smallest absolute Gasteiger partial charge is 0.307 e. The SMILES string of the molecule is Cc1cc(O)ccc1CCc1cc(C)c2c(CC(=O)O)csc2c1. The summed E-state index contributed by atoms with van der Waals surface area (Å²) < 4.78 is 1.16. The van der Waals surface area contributed by atoms with Gasteiger partial charge in [0.25, 0.3) is 0 Å². The molecule has 1 aromatic heterocycles. The Morgan fingerprint density at radius 3 is 2.54 bits per heavy atom. The lowest BCUT2D eigenvalue weighted by Gasteiger charge is -2.08.